The van der Waals surface area contributed by atoms with Crippen molar-refractivity contribution in [3.8, 4) is 11.5 Å². The molecule has 2 aromatic carbocycles. The summed E-state index contributed by atoms with van der Waals surface area (Å²) in [4.78, 5) is 12.1. The van der Waals surface area contributed by atoms with Crippen LogP contribution in [0.3, 0.4) is 0 Å². The minimum absolute atomic E-state index is 0.350. The summed E-state index contributed by atoms with van der Waals surface area (Å²) in [5, 5.41) is 3.97. The molecule has 2 aromatic rings. The molecule has 6 heteroatoms. The molecule has 25 heavy (non-hydrogen) atoms. The maximum Gasteiger partial charge on any atom is 0.280 e. The summed E-state index contributed by atoms with van der Waals surface area (Å²) >= 11 is 3.38. The summed E-state index contributed by atoms with van der Waals surface area (Å²) in [6.45, 7) is 5.67. The van der Waals surface area contributed by atoms with Gasteiger partial charge in [-0.2, -0.15) is 5.10 Å². The van der Waals surface area contributed by atoms with Crippen molar-refractivity contribution in [1.82, 2.24) is 5.43 Å². The van der Waals surface area contributed by atoms with Gasteiger partial charge in [0, 0.05) is 5.56 Å². The maximum absolute atomic E-state index is 12.1. The van der Waals surface area contributed by atoms with Gasteiger partial charge in [-0.25, -0.2) is 5.43 Å². The Labute approximate surface area is 155 Å². The first-order valence-corrected chi connectivity index (χ1v) is 8.48. The van der Waals surface area contributed by atoms with Crippen LogP contribution in [0.5, 0.6) is 11.5 Å². The lowest BCUT2D eigenvalue weighted by molar-refractivity contribution is -0.127. The van der Waals surface area contributed by atoms with Crippen molar-refractivity contribution in [3.05, 3.63) is 71.2 Å². The number of hydrazone groups is 1. The van der Waals surface area contributed by atoms with Crippen molar-refractivity contribution in [2.24, 2.45) is 5.10 Å². The number of nitrogens with zero attached hydrogens (tertiary/aromatic N) is 1. The number of rotatable bonds is 8. The van der Waals surface area contributed by atoms with Crippen molar-refractivity contribution >= 4 is 28.1 Å². The standard InChI is InChI=1S/C19H19BrN2O3/c1-3-12-24-17-10-6-4-8-15(17)13-21-22-19(23)14(2)25-18-11-7-5-9-16(18)20/h3-11,13-14H,1,12H2,2H3,(H,22,23). The Balaban J connectivity index is 1.94. The number of hydrogen-bond donors (Lipinski definition) is 1. The van der Waals surface area contributed by atoms with Crippen LogP contribution >= 0.6 is 15.9 Å². The van der Waals surface area contributed by atoms with E-state index >= 15 is 0 Å². The fourth-order valence-electron chi connectivity index (χ4n) is 1.91. The molecule has 0 aromatic heterocycles. The highest BCUT2D eigenvalue weighted by molar-refractivity contribution is 9.10. The molecule has 130 valence electrons. The van der Waals surface area contributed by atoms with Crippen LogP contribution in [0.4, 0.5) is 0 Å². The first-order chi connectivity index (χ1) is 12.1. The second kappa shape index (κ2) is 9.64. The normalized spacial score (nSPS) is 11.8. The van der Waals surface area contributed by atoms with Crippen molar-refractivity contribution in [1.29, 1.82) is 0 Å². The second-order valence-electron chi connectivity index (χ2n) is 5.06. The zero-order valence-corrected chi connectivity index (χ0v) is 15.4. The topological polar surface area (TPSA) is 59.9 Å². The Morgan fingerprint density at radius 1 is 1.24 bits per heavy atom. The van der Waals surface area contributed by atoms with Crippen LogP contribution in [-0.2, 0) is 4.79 Å². The third-order valence-electron chi connectivity index (χ3n) is 3.16. The molecule has 0 aliphatic rings. The van der Waals surface area contributed by atoms with Crippen LogP contribution in [0.25, 0.3) is 0 Å². The number of benzene rings is 2. The lowest BCUT2D eigenvalue weighted by Crippen LogP contribution is -2.33. The summed E-state index contributed by atoms with van der Waals surface area (Å²) in [5.74, 6) is 0.909. The molecule has 0 saturated carbocycles. The van der Waals surface area contributed by atoms with Crippen molar-refractivity contribution < 1.29 is 14.3 Å². The Kier molecular flexibility index (Phi) is 7.22. The minimum Gasteiger partial charge on any atom is -0.489 e. The molecule has 5 nitrogen and oxygen atoms in total. The summed E-state index contributed by atoms with van der Waals surface area (Å²) < 4.78 is 11.9. The molecule has 0 fully saturated rings. The number of amides is 1. The van der Waals surface area contributed by atoms with E-state index in [1.165, 1.54) is 6.21 Å². The van der Waals surface area contributed by atoms with Gasteiger partial charge >= 0.3 is 0 Å². The highest BCUT2D eigenvalue weighted by Crippen LogP contribution is 2.24. The largest absolute Gasteiger partial charge is 0.489 e. The summed E-state index contributed by atoms with van der Waals surface area (Å²) in [5.41, 5.74) is 3.22. The van der Waals surface area contributed by atoms with Crippen LogP contribution in [0, 0.1) is 0 Å². The molecule has 1 unspecified atom stereocenters. The Bertz CT molecular complexity index is 762. The van der Waals surface area contributed by atoms with Crippen LogP contribution in [0.1, 0.15) is 12.5 Å². The van der Waals surface area contributed by atoms with E-state index in [2.05, 4.69) is 33.0 Å². The molecule has 0 spiro atoms. The number of para-hydroxylation sites is 2. The molecule has 0 heterocycles. The van der Waals surface area contributed by atoms with Gasteiger partial charge in [0.05, 0.1) is 10.7 Å². The number of carbonyl (C=O) groups is 1. The average Bonchev–Trinajstić information content (AvgIpc) is 2.62. The zero-order chi connectivity index (χ0) is 18.1. The van der Waals surface area contributed by atoms with E-state index in [4.69, 9.17) is 9.47 Å². The molecule has 0 bridgehead atoms. The van der Waals surface area contributed by atoms with Gasteiger partial charge in [0.2, 0.25) is 0 Å². The van der Waals surface area contributed by atoms with E-state index in [9.17, 15) is 4.79 Å². The Hall–Kier alpha value is -2.60. The summed E-state index contributed by atoms with van der Waals surface area (Å²) in [7, 11) is 0. The zero-order valence-electron chi connectivity index (χ0n) is 13.8. The van der Waals surface area contributed by atoms with E-state index in [-0.39, 0.29) is 5.91 Å². The van der Waals surface area contributed by atoms with E-state index in [0.717, 1.165) is 10.0 Å². The number of ether oxygens (including phenoxy) is 2. The highest BCUT2D eigenvalue weighted by atomic mass is 79.9. The van der Waals surface area contributed by atoms with Crippen molar-refractivity contribution in [2.75, 3.05) is 6.61 Å². The average molecular weight is 403 g/mol. The van der Waals surface area contributed by atoms with Gasteiger partial charge in [0.25, 0.3) is 5.91 Å². The van der Waals surface area contributed by atoms with E-state index < -0.39 is 6.10 Å². The van der Waals surface area contributed by atoms with Gasteiger partial charge in [-0.05, 0) is 47.1 Å². The second-order valence-corrected chi connectivity index (χ2v) is 5.92. The molecular weight excluding hydrogens is 384 g/mol. The molecule has 0 aliphatic carbocycles. The Morgan fingerprint density at radius 2 is 1.92 bits per heavy atom. The lowest BCUT2D eigenvalue weighted by atomic mass is 10.2. The van der Waals surface area contributed by atoms with Crippen molar-refractivity contribution in [2.45, 2.75) is 13.0 Å². The smallest absolute Gasteiger partial charge is 0.280 e. The minimum atomic E-state index is -0.692. The monoisotopic (exact) mass is 402 g/mol. The van der Waals surface area contributed by atoms with Gasteiger partial charge in [-0.3, -0.25) is 4.79 Å². The number of halogens is 1. The van der Waals surface area contributed by atoms with Crippen LogP contribution in [-0.4, -0.2) is 24.8 Å². The number of nitrogens with one attached hydrogen (secondary N) is 1. The van der Waals surface area contributed by atoms with Gasteiger partial charge in [-0.15, -0.1) is 0 Å². The SMILES string of the molecule is C=CCOc1ccccc1C=NNC(=O)C(C)Oc1ccccc1Br. The number of hydrogen-bond acceptors (Lipinski definition) is 4. The third kappa shape index (κ3) is 5.76. The van der Waals surface area contributed by atoms with E-state index in [1.807, 2.05) is 42.5 Å². The summed E-state index contributed by atoms with van der Waals surface area (Å²) in [6, 6.07) is 14.7. The fraction of sp³-hybridized carbons (Fsp3) is 0.158. The first-order valence-electron chi connectivity index (χ1n) is 7.68. The van der Waals surface area contributed by atoms with Gasteiger partial charge in [0.1, 0.15) is 18.1 Å². The molecular formula is C19H19BrN2O3. The third-order valence-corrected chi connectivity index (χ3v) is 3.82. The van der Waals surface area contributed by atoms with Gasteiger partial charge < -0.3 is 9.47 Å². The molecule has 1 atom stereocenters. The predicted octanol–water partition coefficient (Wildman–Crippen LogP) is 3.93. The first kappa shape index (κ1) is 18.7. The molecule has 0 aliphatic heterocycles. The molecule has 0 saturated heterocycles. The maximum atomic E-state index is 12.1. The predicted molar refractivity (Wildman–Crippen MR) is 102 cm³/mol. The molecule has 1 N–H and O–H groups in total. The van der Waals surface area contributed by atoms with E-state index in [1.54, 1.807) is 19.1 Å². The van der Waals surface area contributed by atoms with Crippen LogP contribution < -0.4 is 14.9 Å². The molecule has 2 rings (SSSR count). The highest BCUT2D eigenvalue weighted by Gasteiger charge is 2.15. The summed E-state index contributed by atoms with van der Waals surface area (Å²) in [6.07, 6.45) is 2.50. The van der Waals surface area contributed by atoms with Gasteiger partial charge in [-0.1, -0.05) is 36.9 Å². The number of carbonyl (C=O) groups excluding carboxylic acids is 1. The lowest BCUT2D eigenvalue weighted by Gasteiger charge is -2.14. The van der Waals surface area contributed by atoms with Crippen LogP contribution in [0.15, 0.2) is 70.8 Å². The fourth-order valence-corrected chi connectivity index (χ4v) is 2.29. The van der Waals surface area contributed by atoms with Crippen LogP contribution in [0.2, 0.25) is 0 Å². The Morgan fingerprint density at radius 3 is 2.64 bits per heavy atom. The molecule has 1 amide bonds. The van der Waals surface area contributed by atoms with Crippen molar-refractivity contribution in [3.63, 3.8) is 0 Å². The molecule has 0 radical (unpaired) electrons. The van der Waals surface area contributed by atoms with Gasteiger partial charge in [0.15, 0.2) is 6.10 Å². The van der Waals surface area contributed by atoms with E-state index in [0.29, 0.717) is 18.1 Å². The quantitative estimate of drug-likeness (QED) is 0.413.